The summed E-state index contributed by atoms with van der Waals surface area (Å²) in [5, 5.41) is 2.60. The van der Waals surface area contributed by atoms with Crippen LogP contribution in [-0.2, 0) is 13.0 Å². The molecule has 0 spiro atoms. The van der Waals surface area contributed by atoms with E-state index in [0.717, 1.165) is 5.76 Å². The lowest BCUT2D eigenvalue weighted by atomic mass is 10.3. The van der Waals surface area contributed by atoms with Gasteiger partial charge in [-0.15, -0.1) is 0 Å². The summed E-state index contributed by atoms with van der Waals surface area (Å²) in [7, 11) is 0. The first kappa shape index (κ1) is 18.1. The number of furan rings is 2. The van der Waals surface area contributed by atoms with Crippen LogP contribution in [0.2, 0.25) is 0 Å². The van der Waals surface area contributed by atoms with Crippen molar-refractivity contribution in [2.75, 3.05) is 6.54 Å². The predicted octanol–water partition coefficient (Wildman–Crippen LogP) is 2.64. The van der Waals surface area contributed by atoms with Gasteiger partial charge in [-0.25, -0.2) is 10.2 Å². The number of rotatable bonds is 7. The van der Waals surface area contributed by atoms with Crippen molar-refractivity contribution in [1.29, 1.82) is 0 Å². The van der Waals surface area contributed by atoms with E-state index in [2.05, 4.69) is 16.2 Å². The molecule has 0 unspecified atom stereocenters. The van der Waals surface area contributed by atoms with Crippen LogP contribution < -0.4 is 20.9 Å². The Morgan fingerprint density at radius 1 is 0.926 bits per heavy atom. The molecule has 0 aliphatic carbocycles. The number of hydrogen-bond acceptors (Lipinski definition) is 5. The van der Waals surface area contributed by atoms with Gasteiger partial charge in [0.25, 0.3) is 0 Å². The van der Waals surface area contributed by atoms with Gasteiger partial charge < -0.3 is 18.9 Å². The van der Waals surface area contributed by atoms with Crippen molar-refractivity contribution in [3.63, 3.8) is 0 Å². The van der Waals surface area contributed by atoms with Gasteiger partial charge in [0.1, 0.15) is 23.9 Å². The molecule has 2 heterocycles. The van der Waals surface area contributed by atoms with E-state index >= 15 is 0 Å². The fourth-order valence-electron chi connectivity index (χ4n) is 2.22. The topological polar surface area (TPSA) is 106 Å². The maximum Gasteiger partial charge on any atom is 0.333 e. The van der Waals surface area contributed by atoms with Gasteiger partial charge >= 0.3 is 11.9 Å². The third kappa shape index (κ3) is 5.67. The lowest BCUT2D eigenvalue weighted by Crippen LogP contribution is -2.47. The maximum absolute atomic E-state index is 12.0. The molecule has 0 saturated heterocycles. The summed E-state index contributed by atoms with van der Waals surface area (Å²) in [6.07, 6.45) is 2.12. The lowest BCUT2D eigenvalue weighted by Gasteiger charge is -2.07. The van der Waals surface area contributed by atoms with E-state index in [0.29, 0.717) is 24.5 Å². The molecule has 0 bridgehead atoms. The van der Waals surface area contributed by atoms with Crippen molar-refractivity contribution >= 4 is 11.9 Å². The van der Waals surface area contributed by atoms with Crippen LogP contribution in [-0.4, -0.2) is 18.5 Å². The molecule has 27 heavy (non-hydrogen) atoms. The van der Waals surface area contributed by atoms with E-state index in [-0.39, 0.29) is 12.4 Å². The average Bonchev–Trinajstić information content (AvgIpc) is 3.37. The number of amides is 3. The molecule has 8 heteroatoms. The minimum absolute atomic E-state index is 0.0672. The normalized spacial score (nSPS) is 10.2. The number of nitrogens with one attached hydrogen (secondary N) is 3. The van der Waals surface area contributed by atoms with E-state index in [4.69, 9.17) is 13.6 Å². The highest BCUT2D eigenvalue weighted by Crippen LogP contribution is 2.13. The molecular formula is C19H19N3O5. The first-order valence-corrected chi connectivity index (χ1v) is 8.34. The number of ether oxygens (including phenoxy) is 1. The van der Waals surface area contributed by atoms with Gasteiger partial charge in [-0.2, -0.15) is 0 Å². The monoisotopic (exact) mass is 369 g/mol. The Hall–Kier alpha value is -3.68. The number of para-hydroxylation sites is 1. The summed E-state index contributed by atoms with van der Waals surface area (Å²) in [5.74, 6) is 1.46. The Balaban J connectivity index is 1.37. The fraction of sp³-hybridized carbons (Fsp3) is 0.158. The molecule has 0 radical (unpaired) electrons. The van der Waals surface area contributed by atoms with Gasteiger partial charge in [-0.05, 0) is 36.4 Å². The Bertz CT molecular complexity index is 859. The van der Waals surface area contributed by atoms with Gasteiger partial charge in [-0.3, -0.25) is 10.2 Å². The molecular weight excluding hydrogens is 350 g/mol. The molecule has 140 valence electrons. The summed E-state index contributed by atoms with van der Waals surface area (Å²) < 4.78 is 16.1. The summed E-state index contributed by atoms with van der Waals surface area (Å²) in [5.41, 5.74) is 4.53. The highest BCUT2D eigenvalue weighted by molar-refractivity contribution is 5.92. The maximum atomic E-state index is 12.0. The van der Waals surface area contributed by atoms with E-state index < -0.39 is 11.9 Å². The first-order chi connectivity index (χ1) is 13.2. The number of benzene rings is 1. The van der Waals surface area contributed by atoms with E-state index in [9.17, 15) is 9.59 Å². The zero-order valence-electron chi connectivity index (χ0n) is 14.4. The first-order valence-electron chi connectivity index (χ1n) is 8.34. The smallest absolute Gasteiger partial charge is 0.333 e. The van der Waals surface area contributed by atoms with Gasteiger partial charge in [0.05, 0.1) is 6.26 Å². The predicted molar refractivity (Wildman–Crippen MR) is 95.9 cm³/mol. The third-order valence-corrected chi connectivity index (χ3v) is 3.54. The van der Waals surface area contributed by atoms with E-state index in [1.54, 1.807) is 18.4 Å². The van der Waals surface area contributed by atoms with Crippen LogP contribution in [0.4, 0.5) is 4.79 Å². The second-order valence-electron chi connectivity index (χ2n) is 5.53. The van der Waals surface area contributed by atoms with Gasteiger partial charge in [0.15, 0.2) is 5.76 Å². The van der Waals surface area contributed by atoms with Crippen molar-refractivity contribution in [2.45, 2.75) is 13.0 Å². The minimum atomic E-state index is -0.567. The van der Waals surface area contributed by atoms with Gasteiger partial charge in [-0.1, -0.05) is 18.2 Å². The highest BCUT2D eigenvalue weighted by Gasteiger charge is 2.12. The molecule has 3 N–H and O–H groups in total. The molecule has 8 nitrogen and oxygen atoms in total. The molecule has 3 rings (SSSR count). The lowest BCUT2D eigenvalue weighted by molar-refractivity contribution is 0.0904. The number of hydrogen-bond donors (Lipinski definition) is 3. The average molecular weight is 369 g/mol. The molecule has 1 aromatic carbocycles. The second-order valence-corrected chi connectivity index (χ2v) is 5.53. The minimum Gasteiger partial charge on any atom is -0.486 e. The van der Waals surface area contributed by atoms with Crippen LogP contribution in [0.25, 0.3) is 0 Å². The van der Waals surface area contributed by atoms with Crippen molar-refractivity contribution in [2.24, 2.45) is 0 Å². The largest absolute Gasteiger partial charge is 0.486 e. The van der Waals surface area contributed by atoms with Crippen molar-refractivity contribution in [3.05, 3.63) is 78.1 Å². The summed E-state index contributed by atoms with van der Waals surface area (Å²) in [6, 6.07) is 15.5. The Kier molecular flexibility index (Phi) is 6.13. The molecule has 2 aromatic heterocycles. The van der Waals surface area contributed by atoms with Crippen molar-refractivity contribution < 1.29 is 23.2 Å². The summed E-state index contributed by atoms with van der Waals surface area (Å²) in [6.45, 7) is 0.564. The quantitative estimate of drug-likeness (QED) is 0.555. The zero-order valence-corrected chi connectivity index (χ0v) is 14.4. The van der Waals surface area contributed by atoms with Crippen LogP contribution in [0.15, 0.2) is 69.7 Å². The molecule has 0 saturated carbocycles. The molecule has 0 atom stereocenters. The summed E-state index contributed by atoms with van der Waals surface area (Å²) in [4.78, 5) is 23.6. The van der Waals surface area contributed by atoms with E-state index in [1.807, 2.05) is 36.4 Å². The molecule has 0 aliphatic heterocycles. The van der Waals surface area contributed by atoms with Crippen LogP contribution in [0.3, 0.4) is 0 Å². The van der Waals surface area contributed by atoms with Crippen molar-refractivity contribution in [1.82, 2.24) is 16.2 Å². The van der Waals surface area contributed by atoms with Crippen molar-refractivity contribution in [3.8, 4) is 5.75 Å². The van der Waals surface area contributed by atoms with Crippen LogP contribution in [0.5, 0.6) is 5.75 Å². The second kappa shape index (κ2) is 9.14. The van der Waals surface area contributed by atoms with Gasteiger partial charge in [0, 0.05) is 13.0 Å². The molecule has 0 fully saturated rings. The Labute approximate surface area is 155 Å². The Morgan fingerprint density at radius 2 is 1.78 bits per heavy atom. The van der Waals surface area contributed by atoms with Crippen LogP contribution in [0, 0.1) is 0 Å². The number of carbonyl (C=O) groups is 2. The number of carbonyl (C=O) groups excluding carboxylic acids is 2. The highest BCUT2D eigenvalue weighted by atomic mass is 16.5. The van der Waals surface area contributed by atoms with Gasteiger partial charge in [0.2, 0.25) is 0 Å². The molecule has 3 amide bonds. The Morgan fingerprint density at radius 3 is 2.56 bits per heavy atom. The van der Waals surface area contributed by atoms with E-state index in [1.165, 1.54) is 6.07 Å². The zero-order chi connectivity index (χ0) is 18.9. The standard InChI is InChI=1S/C19H19N3O5/c23-18(21-22-19(24)20-11-10-15-7-4-12-25-15)17-9-8-16(27-17)13-26-14-5-2-1-3-6-14/h1-9,12H,10-11,13H2,(H,21,23)(H2,20,22,24). The SMILES string of the molecule is O=C(NCCc1ccco1)NNC(=O)c1ccc(COc2ccccc2)o1. The summed E-state index contributed by atoms with van der Waals surface area (Å²) >= 11 is 0. The van der Waals surface area contributed by atoms with Crippen LogP contribution in [0.1, 0.15) is 22.1 Å². The molecule has 3 aromatic rings. The third-order valence-electron chi connectivity index (χ3n) is 3.54. The number of urea groups is 1. The fourth-order valence-corrected chi connectivity index (χ4v) is 2.22. The molecule has 0 aliphatic rings. The van der Waals surface area contributed by atoms with Crippen LogP contribution >= 0.6 is 0 Å². The number of hydrazine groups is 1.